The number of halogens is 1. The number of aliphatic hydroxyl groups is 1. The summed E-state index contributed by atoms with van der Waals surface area (Å²) in [5.41, 5.74) is 1.01. The average Bonchev–Trinajstić information content (AvgIpc) is 2.78. The zero-order chi connectivity index (χ0) is 13.3. The van der Waals surface area contributed by atoms with Crippen molar-refractivity contribution in [1.29, 1.82) is 0 Å². The molecule has 1 aromatic rings. The molecule has 3 rings (SSSR count). The molecule has 1 fully saturated rings. The summed E-state index contributed by atoms with van der Waals surface area (Å²) >= 11 is 5.47. The van der Waals surface area contributed by atoms with Gasteiger partial charge in [0, 0.05) is 17.5 Å². The number of aryl methyl sites for hydroxylation is 1. The molecule has 2 nitrogen and oxygen atoms in total. The first kappa shape index (κ1) is 14.1. The van der Waals surface area contributed by atoms with Crippen LogP contribution in [0.15, 0.2) is 9.85 Å². The van der Waals surface area contributed by atoms with Gasteiger partial charge in [0.25, 0.3) is 0 Å². The quantitative estimate of drug-likeness (QED) is 0.862. The van der Waals surface area contributed by atoms with Gasteiger partial charge in [0.2, 0.25) is 0 Å². The molecule has 0 amide bonds. The fourth-order valence-corrected chi connectivity index (χ4v) is 5.25. The van der Waals surface area contributed by atoms with Crippen molar-refractivity contribution in [3.05, 3.63) is 20.3 Å². The Hall–Kier alpha value is 0.100. The molecule has 106 valence electrons. The molecule has 2 N–H and O–H groups in total. The summed E-state index contributed by atoms with van der Waals surface area (Å²) in [5, 5.41) is 14.2. The Kier molecular flexibility index (Phi) is 4.32. The maximum Gasteiger partial charge on any atom is 0.0771 e. The SMILES string of the molecule is OC1(CNC2CCCc3sc(Br)cc32)CCCCC1. The van der Waals surface area contributed by atoms with E-state index in [9.17, 15) is 5.11 Å². The van der Waals surface area contributed by atoms with E-state index in [1.165, 1.54) is 52.8 Å². The molecule has 0 aromatic carbocycles. The zero-order valence-corrected chi connectivity index (χ0v) is 13.7. The van der Waals surface area contributed by atoms with Crippen molar-refractivity contribution in [2.75, 3.05) is 6.54 Å². The van der Waals surface area contributed by atoms with Crippen LogP contribution in [0.3, 0.4) is 0 Å². The first-order chi connectivity index (χ1) is 9.16. The van der Waals surface area contributed by atoms with Gasteiger partial charge >= 0.3 is 0 Å². The highest BCUT2D eigenvalue weighted by atomic mass is 79.9. The molecule has 2 aliphatic rings. The monoisotopic (exact) mass is 343 g/mol. The largest absolute Gasteiger partial charge is 0.389 e. The third kappa shape index (κ3) is 3.23. The van der Waals surface area contributed by atoms with Crippen LogP contribution in [0.2, 0.25) is 0 Å². The molecule has 4 heteroatoms. The number of rotatable bonds is 3. The first-order valence-corrected chi connectivity index (χ1v) is 9.01. The molecule has 1 unspecified atom stereocenters. The highest BCUT2D eigenvalue weighted by Crippen LogP contribution is 2.38. The molecule has 1 atom stereocenters. The average molecular weight is 344 g/mol. The summed E-state index contributed by atoms with van der Waals surface area (Å²) in [5.74, 6) is 0. The first-order valence-electron chi connectivity index (χ1n) is 7.40. The third-order valence-electron chi connectivity index (χ3n) is 4.55. The second-order valence-electron chi connectivity index (χ2n) is 6.04. The van der Waals surface area contributed by atoms with Crippen LogP contribution in [0, 0.1) is 0 Å². The van der Waals surface area contributed by atoms with Crippen molar-refractivity contribution in [3.8, 4) is 0 Å². The molecular formula is C15H22BrNOS. The van der Waals surface area contributed by atoms with Gasteiger partial charge in [-0.1, -0.05) is 19.3 Å². The Morgan fingerprint density at radius 2 is 2.11 bits per heavy atom. The van der Waals surface area contributed by atoms with Crippen LogP contribution in [0.4, 0.5) is 0 Å². The minimum Gasteiger partial charge on any atom is -0.389 e. The number of fused-ring (bicyclic) bond motifs is 1. The second kappa shape index (κ2) is 5.84. The van der Waals surface area contributed by atoms with Crippen LogP contribution in [-0.4, -0.2) is 17.3 Å². The molecule has 0 bridgehead atoms. The van der Waals surface area contributed by atoms with Gasteiger partial charge in [-0.05, 0) is 59.7 Å². The Balaban J connectivity index is 1.64. The van der Waals surface area contributed by atoms with E-state index in [-0.39, 0.29) is 0 Å². The fraction of sp³-hybridized carbons (Fsp3) is 0.733. The van der Waals surface area contributed by atoms with Crippen LogP contribution in [0.1, 0.15) is 61.4 Å². The summed E-state index contributed by atoms with van der Waals surface area (Å²) in [6, 6.07) is 2.71. The van der Waals surface area contributed by atoms with Crippen molar-refractivity contribution < 1.29 is 5.11 Å². The number of hydrogen-bond acceptors (Lipinski definition) is 3. The number of hydrogen-bond donors (Lipinski definition) is 2. The minimum atomic E-state index is -0.455. The van der Waals surface area contributed by atoms with Gasteiger partial charge in [-0.2, -0.15) is 0 Å². The van der Waals surface area contributed by atoms with Crippen molar-refractivity contribution >= 4 is 27.3 Å². The maximum atomic E-state index is 10.6. The smallest absolute Gasteiger partial charge is 0.0771 e. The molecule has 19 heavy (non-hydrogen) atoms. The summed E-state index contributed by atoms with van der Waals surface area (Å²) < 4.78 is 1.24. The lowest BCUT2D eigenvalue weighted by Crippen LogP contribution is -2.43. The van der Waals surface area contributed by atoms with E-state index in [4.69, 9.17) is 0 Å². The maximum absolute atomic E-state index is 10.6. The number of thiophene rings is 1. The van der Waals surface area contributed by atoms with Crippen LogP contribution in [-0.2, 0) is 6.42 Å². The van der Waals surface area contributed by atoms with Crippen LogP contribution < -0.4 is 5.32 Å². The van der Waals surface area contributed by atoms with Crippen molar-refractivity contribution in [3.63, 3.8) is 0 Å². The van der Waals surface area contributed by atoms with Crippen molar-refractivity contribution in [2.45, 2.75) is 63.0 Å². The van der Waals surface area contributed by atoms with Crippen LogP contribution in [0.5, 0.6) is 0 Å². The summed E-state index contributed by atoms with van der Waals surface area (Å²) in [6.45, 7) is 0.755. The Morgan fingerprint density at radius 1 is 1.32 bits per heavy atom. The Morgan fingerprint density at radius 3 is 2.89 bits per heavy atom. The van der Waals surface area contributed by atoms with Crippen molar-refractivity contribution in [2.24, 2.45) is 0 Å². The predicted molar refractivity (Wildman–Crippen MR) is 83.7 cm³/mol. The molecule has 0 spiro atoms. The van der Waals surface area contributed by atoms with E-state index < -0.39 is 5.60 Å². The van der Waals surface area contributed by atoms with Crippen LogP contribution in [0.25, 0.3) is 0 Å². The standard InChI is InChI=1S/C15H22BrNOS/c16-14-9-11-12(5-4-6-13(11)19-14)17-10-15(18)7-2-1-3-8-15/h9,12,17-18H,1-8,10H2. The van der Waals surface area contributed by atoms with Gasteiger partial charge < -0.3 is 10.4 Å². The van der Waals surface area contributed by atoms with E-state index >= 15 is 0 Å². The highest BCUT2D eigenvalue weighted by Gasteiger charge is 2.31. The third-order valence-corrected chi connectivity index (χ3v) is 6.26. The lowest BCUT2D eigenvalue weighted by Gasteiger charge is -2.34. The molecule has 1 saturated carbocycles. The fourth-order valence-electron chi connectivity index (χ4n) is 3.43. The molecule has 0 saturated heterocycles. The van der Waals surface area contributed by atoms with E-state index in [0.29, 0.717) is 6.04 Å². The van der Waals surface area contributed by atoms with E-state index in [1.807, 2.05) is 11.3 Å². The number of nitrogens with one attached hydrogen (secondary N) is 1. The lowest BCUT2D eigenvalue weighted by atomic mass is 9.84. The topological polar surface area (TPSA) is 32.3 Å². The van der Waals surface area contributed by atoms with Crippen LogP contribution >= 0.6 is 27.3 Å². The highest BCUT2D eigenvalue weighted by molar-refractivity contribution is 9.11. The molecule has 1 heterocycles. The molecular weight excluding hydrogens is 322 g/mol. The van der Waals surface area contributed by atoms with Gasteiger partial charge in [0.15, 0.2) is 0 Å². The molecule has 0 radical (unpaired) electrons. The van der Waals surface area contributed by atoms with Gasteiger partial charge in [-0.15, -0.1) is 11.3 Å². The minimum absolute atomic E-state index is 0.442. The lowest BCUT2D eigenvalue weighted by molar-refractivity contribution is 0.00217. The van der Waals surface area contributed by atoms with E-state index in [1.54, 1.807) is 0 Å². The van der Waals surface area contributed by atoms with Gasteiger partial charge in [-0.3, -0.25) is 0 Å². The summed E-state index contributed by atoms with van der Waals surface area (Å²) in [6.07, 6.45) is 9.25. The second-order valence-corrected chi connectivity index (χ2v) is 8.56. The normalized spacial score (nSPS) is 26.1. The van der Waals surface area contributed by atoms with Gasteiger partial charge in [0.1, 0.15) is 0 Å². The molecule has 0 aliphatic heterocycles. The molecule has 1 aromatic heterocycles. The predicted octanol–water partition coefficient (Wildman–Crippen LogP) is 4.17. The zero-order valence-electron chi connectivity index (χ0n) is 11.3. The van der Waals surface area contributed by atoms with Gasteiger partial charge in [-0.25, -0.2) is 0 Å². The van der Waals surface area contributed by atoms with Gasteiger partial charge in [0.05, 0.1) is 9.39 Å². The molecule has 2 aliphatic carbocycles. The van der Waals surface area contributed by atoms with E-state index in [0.717, 1.165) is 19.4 Å². The van der Waals surface area contributed by atoms with Crippen molar-refractivity contribution in [1.82, 2.24) is 5.32 Å². The summed E-state index contributed by atoms with van der Waals surface area (Å²) in [7, 11) is 0. The Labute approximate surface area is 127 Å². The Bertz CT molecular complexity index is 439. The van der Waals surface area contributed by atoms with E-state index in [2.05, 4.69) is 27.3 Å². The summed E-state index contributed by atoms with van der Waals surface area (Å²) in [4.78, 5) is 1.52.